The van der Waals surface area contributed by atoms with Gasteiger partial charge in [-0.2, -0.15) is 0 Å². The van der Waals surface area contributed by atoms with Crippen LogP contribution in [-0.4, -0.2) is 28.0 Å². The number of hydrogen-bond acceptors (Lipinski definition) is 3. The molecule has 1 aromatic heterocycles. The number of nitrogens with two attached hydrogens (primary N) is 1. The molecular weight excluding hydrogens is 236 g/mol. The molecule has 0 saturated carbocycles. The van der Waals surface area contributed by atoms with E-state index in [0.29, 0.717) is 5.41 Å². The minimum Gasteiger partial charge on any atom is -0.399 e. The molecule has 0 unspecified atom stereocenters. The SMILES string of the molecule is CC1(C)CCCN(Cc2nc3ccc(N)cc3[nH]2)C1. The number of H-pyrrole nitrogens is 1. The highest BCUT2D eigenvalue weighted by Crippen LogP contribution is 2.29. The van der Waals surface area contributed by atoms with Gasteiger partial charge in [-0.25, -0.2) is 4.98 Å². The number of nitrogen functional groups attached to an aromatic ring is 1. The van der Waals surface area contributed by atoms with Crippen molar-refractivity contribution in [2.45, 2.75) is 33.2 Å². The molecule has 1 saturated heterocycles. The molecule has 4 heteroatoms. The van der Waals surface area contributed by atoms with Crippen LogP contribution in [0.4, 0.5) is 5.69 Å². The van der Waals surface area contributed by atoms with Crippen LogP contribution in [0, 0.1) is 5.41 Å². The highest BCUT2D eigenvalue weighted by molar-refractivity contribution is 5.78. The van der Waals surface area contributed by atoms with Gasteiger partial charge in [0.05, 0.1) is 17.6 Å². The number of hydrogen-bond donors (Lipinski definition) is 2. The van der Waals surface area contributed by atoms with E-state index in [1.807, 2.05) is 18.2 Å². The van der Waals surface area contributed by atoms with E-state index in [0.717, 1.165) is 35.6 Å². The van der Waals surface area contributed by atoms with Gasteiger partial charge in [-0.1, -0.05) is 13.8 Å². The third kappa shape index (κ3) is 2.73. The molecule has 0 atom stereocenters. The zero-order valence-electron chi connectivity index (χ0n) is 11.7. The Labute approximate surface area is 114 Å². The highest BCUT2D eigenvalue weighted by Gasteiger charge is 2.26. The first-order valence-corrected chi connectivity index (χ1v) is 6.98. The first-order chi connectivity index (χ1) is 9.02. The van der Waals surface area contributed by atoms with Crippen LogP contribution in [0.1, 0.15) is 32.5 Å². The summed E-state index contributed by atoms with van der Waals surface area (Å²) >= 11 is 0. The lowest BCUT2D eigenvalue weighted by Gasteiger charge is -2.37. The van der Waals surface area contributed by atoms with Gasteiger partial charge in [0.2, 0.25) is 0 Å². The predicted octanol–water partition coefficient (Wildman–Crippen LogP) is 2.77. The molecule has 4 nitrogen and oxygen atoms in total. The number of rotatable bonds is 2. The summed E-state index contributed by atoms with van der Waals surface area (Å²) in [7, 11) is 0. The van der Waals surface area contributed by atoms with E-state index in [1.165, 1.54) is 19.4 Å². The molecule has 1 fully saturated rings. The number of aromatic nitrogens is 2. The van der Waals surface area contributed by atoms with Gasteiger partial charge in [-0.15, -0.1) is 0 Å². The largest absolute Gasteiger partial charge is 0.399 e. The monoisotopic (exact) mass is 258 g/mol. The molecule has 1 aliphatic heterocycles. The summed E-state index contributed by atoms with van der Waals surface area (Å²) in [5.41, 5.74) is 9.03. The van der Waals surface area contributed by atoms with Crippen LogP contribution >= 0.6 is 0 Å². The second kappa shape index (κ2) is 4.53. The van der Waals surface area contributed by atoms with Crippen molar-refractivity contribution in [3.8, 4) is 0 Å². The van der Waals surface area contributed by atoms with E-state index in [1.54, 1.807) is 0 Å². The van der Waals surface area contributed by atoms with Gasteiger partial charge >= 0.3 is 0 Å². The Morgan fingerprint density at radius 1 is 1.42 bits per heavy atom. The maximum Gasteiger partial charge on any atom is 0.121 e. The molecule has 2 heterocycles. The standard InChI is InChI=1S/C15H22N4/c1-15(2)6-3-7-19(10-15)9-14-17-12-5-4-11(16)8-13(12)18-14/h4-5,8H,3,6-7,9-10,16H2,1-2H3,(H,17,18). The molecule has 2 aromatic rings. The first kappa shape index (κ1) is 12.5. The summed E-state index contributed by atoms with van der Waals surface area (Å²) in [5.74, 6) is 1.04. The average molecular weight is 258 g/mol. The summed E-state index contributed by atoms with van der Waals surface area (Å²) < 4.78 is 0. The fourth-order valence-corrected chi connectivity index (χ4v) is 3.05. The first-order valence-electron chi connectivity index (χ1n) is 6.98. The molecule has 0 spiro atoms. The van der Waals surface area contributed by atoms with E-state index in [4.69, 9.17) is 5.73 Å². The third-order valence-corrected chi connectivity index (χ3v) is 3.91. The van der Waals surface area contributed by atoms with Crippen LogP contribution in [0.2, 0.25) is 0 Å². The lowest BCUT2D eigenvalue weighted by molar-refractivity contribution is 0.109. The van der Waals surface area contributed by atoms with Gasteiger partial charge in [0.25, 0.3) is 0 Å². The lowest BCUT2D eigenvalue weighted by Crippen LogP contribution is -2.39. The Balaban J connectivity index is 1.77. The Kier molecular flexibility index (Phi) is 2.97. The minimum atomic E-state index is 0.425. The van der Waals surface area contributed by atoms with Gasteiger partial charge in [0, 0.05) is 12.2 Å². The number of aromatic amines is 1. The molecule has 1 aliphatic rings. The van der Waals surface area contributed by atoms with Crippen molar-refractivity contribution in [3.63, 3.8) is 0 Å². The summed E-state index contributed by atoms with van der Waals surface area (Å²) in [4.78, 5) is 10.5. The van der Waals surface area contributed by atoms with Crippen LogP contribution in [0.15, 0.2) is 18.2 Å². The molecule has 1 aromatic carbocycles. The second-order valence-electron chi connectivity index (χ2n) is 6.44. The van der Waals surface area contributed by atoms with Crippen molar-refractivity contribution in [2.75, 3.05) is 18.8 Å². The number of anilines is 1. The number of imidazole rings is 1. The Hall–Kier alpha value is -1.55. The second-order valence-corrected chi connectivity index (χ2v) is 6.44. The molecule has 0 bridgehead atoms. The van der Waals surface area contributed by atoms with Gasteiger partial charge in [-0.3, -0.25) is 4.90 Å². The number of nitrogens with zero attached hydrogens (tertiary/aromatic N) is 2. The van der Waals surface area contributed by atoms with Crippen LogP contribution in [-0.2, 0) is 6.54 Å². The van der Waals surface area contributed by atoms with Crippen molar-refractivity contribution in [1.82, 2.24) is 14.9 Å². The van der Waals surface area contributed by atoms with E-state index in [2.05, 4.69) is 28.7 Å². The molecular formula is C15H22N4. The van der Waals surface area contributed by atoms with Gasteiger partial charge in [0.1, 0.15) is 5.82 Å². The summed E-state index contributed by atoms with van der Waals surface area (Å²) in [6, 6.07) is 5.83. The third-order valence-electron chi connectivity index (χ3n) is 3.91. The average Bonchev–Trinajstić information content (AvgIpc) is 2.68. The number of likely N-dealkylation sites (tertiary alicyclic amines) is 1. The fraction of sp³-hybridized carbons (Fsp3) is 0.533. The fourth-order valence-electron chi connectivity index (χ4n) is 3.05. The van der Waals surface area contributed by atoms with Crippen LogP contribution in [0.3, 0.4) is 0 Å². The van der Waals surface area contributed by atoms with Crippen molar-refractivity contribution < 1.29 is 0 Å². The number of benzene rings is 1. The van der Waals surface area contributed by atoms with E-state index < -0.39 is 0 Å². The minimum absolute atomic E-state index is 0.425. The molecule has 19 heavy (non-hydrogen) atoms. The van der Waals surface area contributed by atoms with Crippen molar-refractivity contribution in [2.24, 2.45) is 5.41 Å². The quantitative estimate of drug-likeness (QED) is 0.814. The highest BCUT2D eigenvalue weighted by atomic mass is 15.2. The molecule has 3 rings (SSSR count). The van der Waals surface area contributed by atoms with Gasteiger partial charge in [-0.05, 0) is 43.0 Å². The molecule has 102 valence electrons. The van der Waals surface area contributed by atoms with Crippen molar-refractivity contribution >= 4 is 16.7 Å². The zero-order chi connectivity index (χ0) is 13.5. The van der Waals surface area contributed by atoms with E-state index in [9.17, 15) is 0 Å². The molecule has 3 N–H and O–H groups in total. The summed E-state index contributed by atoms with van der Waals surface area (Å²) in [6.07, 6.45) is 2.60. The Bertz CT molecular complexity index is 585. The number of nitrogens with one attached hydrogen (secondary N) is 1. The summed E-state index contributed by atoms with van der Waals surface area (Å²) in [6.45, 7) is 7.91. The molecule has 0 radical (unpaired) electrons. The topological polar surface area (TPSA) is 57.9 Å². The maximum absolute atomic E-state index is 5.79. The predicted molar refractivity (Wildman–Crippen MR) is 78.8 cm³/mol. The van der Waals surface area contributed by atoms with Crippen LogP contribution < -0.4 is 5.73 Å². The molecule has 0 aliphatic carbocycles. The van der Waals surface area contributed by atoms with Gasteiger partial charge < -0.3 is 10.7 Å². The maximum atomic E-state index is 5.79. The van der Waals surface area contributed by atoms with Crippen LogP contribution in [0.5, 0.6) is 0 Å². The van der Waals surface area contributed by atoms with E-state index >= 15 is 0 Å². The van der Waals surface area contributed by atoms with Crippen molar-refractivity contribution in [3.05, 3.63) is 24.0 Å². The number of fused-ring (bicyclic) bond motifs is 1. The molecule has 0 amide bonds. The number of piperidine rings is 1. The van der Waals surface area contributed by atoms with Crippen LogP contribution in [0.25, 0.3) is 11.0 Å². The zero-order valence-corrected chi connectivity index (χ0v) is 11.7. The lowest BCUT2D eigenvalue weighted by atomic mass is 9.84. The Morgan fingerprint density at radius 3 is 3.05 bits per heavy atom. The van der Waals surface area contributed by atoms with E-state index in [-0.39, 0.29) is 0 Å². The smallest absolute Gasteiger partial charge is 0.121 e. The summed E-state index contributed by atoms with van der Waals surface area (Å²) in [5, 5.41) is 0. The normalized spacial score (nSPS) is 19.9. The van der Waals surface area contributed by atoms with Gasteiger partial charge in [0.15, 0.2) is 0 Å². The Morgan fingerprint density at radius 2 is 2.26 bits per heavy atom. The van der Waals surface area contributed by atoms with Crippen molar-refractivity contribution in [1.29, 1.82) is 0 Å².